The van der Waals surface area contributed by atoms with E-state index in [1.807, 2.05) is 18.2 Å². The summed E-state index contributed by atoms with van der Waals surface area (Å²) >= 11 is 0. The molecule has 2 aromatic rings. The maximum Gasteiger partial charge on any atom is 0.239 e. The third-order valence-electron chi connectivity index (χ3n) is 3.61. The maximum absolute atomic E-state index is 5.90. The first-order valence-electron chi connectivity index (χ1n) is 7.48. The SMILES string of the molecule is Nc1ccc(NCCc2ccccc2)nc1OCC1CC1. The summed E-state index contributed by atoms with van der Waals surface area (Å²) in [7, 11) is 0. The fourth-order valence-corrected chi connectivity index (χ4v) is 2.13. The normalized spacial score (nSPS) is 13.9. The van der Waals surface area contributed by atoms with Crippen molar-refractivity contribution in [2.75, 3.05) is 24.2 Å². The highest BCUT2D eigenvalue weighted by molar-refractivity contribution is 5.53. The zero-order valence-electron chi connectivity index (χ0n) is 12.1. The summed E-state index contributed by atoms with van der Waals surface area (Å²) in [5.74, 6) is 2.05. The molecule has 0 saturated heterocycles. The van der Waals surface area contributed by atoms with Crippen molar-refractivity contribution in [1.82, 2.24) is 4.98 Å². The quantitative estimate of drug-likeness (QED) is 0.819. The van der Waals surface area contributed by atoms with Crippen molar-refractivity contribution in [3.63, 3.8) is 0 Å². The van der Waals surface area contributed by atoms with Gasteiger partial charge in [-0.2, -0.15) is 4.98 Å². The number of nitrogens with two attached hydrogens (primary N) is 1. The monoisotopic (exact) mass is 283 g/mol. The van der Waals surface area contributed by atoms with Gasteiger partial charge in [-0.1, -0.05) is 30.3 Å². The molecule has 4 heteroatoms. The van der Waals surface area contributed by atoms with Gasteiger partial charge < -0.3 is 15.8 Å². The van der Waals surface area contributed by atoms with Crippen LogP contribution in [0.15, 0.2) is 42.5 Å². The highest BCUT2D eigenvalue weighted by atomic mass is 16.5. The minimum absolute atomic E-state index is 0.548. The fourth-order valence-electron chi connectivity index (χ4n) is 2.13. The number of rotatable bonds is 7. The van der Waals surface area contributed by atoms with Gasteiger partial charge in [0.05, 0.1) is 12.3 Å². The molecular formula is C17H21N3O. The van der Waals surface area contributed by atoms with E-state index in [1.165, 1.54) is 18.4 Å². The second kappa shape index (κ2) is 6.48. The Bertz CT molecular complexity index is 582. The minimum Gasteiger partial charge on any atom is -0.476 e. The van der Waals surface area contributed by atoms with Crippen LogP contribution in [0.1, 0.15) is 18.4 Å². The van der Waals surface area contributed by atoms with Crippen LogP contribution < -0.4 is 15.8 Å². The van der Waals surface area contributed by atoms with Gasteiger partial charge >= 0.3 is 0 Å². The number of pyridine rings is 1. The summed E-state index contributed by atoms with van der Waals surface area (Å²) in [6.07, 6.45) is 3.48. The van der Waals surface area contributed by atoms with E-state index in [0.29, 0.717) is 17.5 Å². The number of ether oxygens (including phenoxy) is 1. The molecule has 0 atom stereocenters. The Morgan fingerprint density at radius 2 is 1.95 bits per heavy atom. The number of nitrogens with one attached hydrogen (secondary N) is 1. The Labute approximate surface area is 125 Å². The molecule has 0 aliphatic heterocycles. The molecule has 1 saturated carbocycles. The van der Waals surface area contributed by atoms with Gasteiger partial charge in [0.1, 0.15) is 5.82 Å². The van der Waals surface area contributed by atoms with Crippen molar-refractivity contribution in [2.24, 2.45) is 5.92 Å². The molecule has 1 aliphatic rings. The summed E-state index contributed by atoms with van der Waals surface area (Å²) < 4.78 is 5.69. The molecule has 0 spiro atoms. The first-order chi connectivity index (χ1) is 10.3. The molecular weight excluding hydrogens is 262 g/mol. The fraction of sp³-hybridized carbons (Fsp3) is 0.353. The molecule has 3 N–H and O–H groups in total. The second-order valence-corrected chi connectivity index (χ2v) is 5.51. The van der Waals surface area contributed by atoms with Gasteiger partial charge in [0.25, 0.3) is 0 Å². The Hall–Kier alpha value is -2.23. The van der Waals surface area contributed by atoms with Crippen molar-refractivity contribution in [3.8, 4) is 5.88 Å². The molecule has 4 nitrogen and oxygen atoms in total. The van der Waals surface area contributed by atoms with E-state index in [1.54, 1.807) is 0 Å². The Morgan fingerprint density at radius 1 is 1.14 bits per heavy atom. The second-order valence-electron chi connectivity index (χ2n) is 5.51. The lowest BCUT2D eigenvalue weighted by Crippen LogP contribution is -2.09. The van der Waals surface area contributed by atoms with Crippen molar-refractivity contribution >= 4 is 11.5 Å². The summed E-state index contributed by atoms with van der Waals surface area (Å²) in [6.45, 7) is 1.56. The molecule has 0 amide bonds. The smallest absolute Gasteiger partial charge is 0.239 e. The molecule has 3 rings (SSSR count). The number of aromatic nitrogens is 1. The van der Waals surface area contributed by atoms with E-state index >= 15 is 0 Å². The average molecular weight is 283 g/mol. The van der Waals surface area contributed by atoms with Gasteiger partial charge in [-0.05, 0) is 42.9 Å². The van der Waals surface area contributed by atoms with Crippen molar-refractivity contribution < 1.29 is 4.74 Å². The van der Waals surface area contributed by atoms with E-state index in [-0.39, 0.29) is 0 Å². The standard InChI is InChI=1S/C17H21N3O/c18-15-8-9-16(20-17(15)21-12-14-6-7-14)19-11-10-13-4-2-1-3-5-13/h1-5,8-9,14H,6-7,10-12,18H2,(H,19,20). The molecule has 21 heavy (non-hydrogen) atoms. The van der Waals surface area contributed by atoms with Crippen LogP contribution in [0.4, 0.5) is 11.5 Å². The van der Waals surface area contributed by atoms with Gasteiger partial charge in [-0.25, -0.2) is 0 Å². The Morgan fingerprint density at radius 3 is 2.71 bits per heavy atom. The lowest BCUT2D eigenvalue weighted by atomic mass is 10.1. The van der Waals surface area contributed by atoms with Crippen LogP contribution in [0, 0.1) is 5.92 Å². The molecule has 1 fully saturated rings. The summed E-state index contributed by atoms with van der Waals surface area (Å²) in [5.41, 5.74) is 7.81. The zero-order valence-corrected chi connectivity index (χ0v) is 12.1. The predicted octanol–water partition coefficient (Wildman–Crippen LogP) is 3.11. The Balaban J connectivity index is 1.53. The average Bonchev–Trinajstić information content (AvgIpc) is 3.33. The van der Waals surface area contributed by atoms with Crippen LogP contribution in [-0.4, -0.2) is 18.1 Å². The highest BCUT2D eigenvalue weighted by Crippen LogP contribution is 2.30. The molecule has 1 heterocycles. The van der Waals surface area contributed by atoms with Gasteiger partial charge in [0, 0.05) is 6.54 Å². The molecule has 1 aliphatic carbocycles. The lowest BCUT2D eigenvalue weighted by molar-refractivity contribution is 0.290. The van der Waals surface area contributed by atoms with Crippen LogP contribution in [0.25, 0.3) is 0 Å². The van der Waals surface area contributed by atoms with E-state index in [4.69, 9.17) is 10.5 Å². The first-order valence-corrected chi connectivity index (χ1v) is 7.48. The largest absolute Gasteiger partial charge is 0.476 e. The number of hydrogen-bond donors (Lipinski definition) is 2. The van der Waals surface area contributed by atoms with Gasteiger partial charge in [-0.3, -0.25) is 0 Å². The molecule has 1 aromatic carbocycles. The number of benzene rings is 1. The number of hydrogen-bond acceptors (Lipinski definition) is 4. The van der Waals surface area contributed by atoms with Crippen LogP contribution in [0.5, 0.6) is 5.88 Å². The first kappa shape index (κ1) is 13.7. The van der Waals surface area contributed by atoms with Crippen molar-refractivity contribution in [2.45, 2.75) is 19.3 Å². The number of nitrogen functional groups attached to an aromatic ring is 1. The summed E-state index contributed by atoms with van der Waals surface area (Å²) in [5, 5.41) is 3.32. The van der Waals surface area contributed by atoms with Crippen LogP contribution in [0.3, 0.4) is 0 Å². The third kappa shape index (κ3) is 4.12. The number of nitrogens with zero attached hydrogens (tertiary/aromatic N) is 1. The van der Waals surface area contributed by atoms with Crippen molar-refractivity contribution in [1.29, 1.82) is 0 Å². The molecule has 0 radical (unpaired) electrons. The van der Waals surface area contributed by atoms with E-state index < -0.39 is 0 Å². The topological polar surface area (TPSA) is 60.2 Å². The van der Waals surface area contributed by atoms with Gasteiger partial charge in [0.2, 0.25) is 5.88 Å². The van der Waals surface area contributed by atoms with Gasteiger partial charge in [-0.15, -0.1) is 0 Å². The van der Waals surface area contributed by atoms with E-state index in [0.717, 1.165) is 25.4 Å². The lowest BCUT2D eigenvalue weighted by Gasteiger charge is -2.10. The van der Waals surface area contributed by atoms with Crippen molar-refractivity contribution in [3.05, 3.63) is 48.0 Å². The Kier molecular flexibility index (Phi) is 4.24. The van der Waals surface area contributed by atoms with Crippen LogP contribution >= 0.6 is 0 Å². The summed E-state index contributed by atoms with van der Waals surface area (Å²) in [4.78, 5) is 4.44. The highest BCUT2D eigenvalue weighted by Gasteiger charge is 2.22. The number of anilines is 2. The summed E-state index contributed by atoms with van der Waals surface area (Å²) in [6, 6.07) is 14.1. The molecule has 0 bridgehead atoms. The minimum atomic E-state index is 0.548. The zero-order chi connectivity index (χ0) is 14.5. The van der Waals surface area contributed by atoms with Crippen LogP contribution in [-0.2, 0) is 6.42 Å². The molecule has 0 unspecified atom stereocenters. The third-order valence-corrected chi connectivity index (χ3v) is 3.61. The van der Waals surface area contributed by atoms with E-state index in [2.05, 4.69) is 34.6 Å². The molecule has 110 valence electrons. The van der Waals surface area contributed by atoms with Gasteiger partial charge in [0.15, 0.2) is 0 Å². The maximum atomic E-state index is 5.90. The van der Waals surface area contributed by atoms with Crippen LogP contribution in [0.2, 0.25) is 0 Å². The van der Waals surface area contributed by atoms with E-state index in [9.17, 15) is 0 Å². The molecule has 1 aromatic heterocycles. The predicted molar refractivity (Wildman–Crippen MR) is 85.5 cm³/mol.